The van der Waals surface area contributed by atoms with E-state index in [-0.39, 0.29) is 0 Å². The lowest BCUT2D eigenvalue weighted by Crippen LogP contribution is -2.14. The molecule has 0 bridgehead atoms. The molecule has 0 aliphatic rings. The summed E-state index contributed by atoms with van der Waals surface area (Å²) in [5.41, 5.74) is 0. The molecule has 0 saturated heterocycles. The Kier molecular flexibility index (Phi) is 24.4. The third-order valence-electron chi connectivity index (χ3n) is 7.94. The van der Waals surface area contributed by atoms with E-state index in [0.717, 1.165) is 24.5 Å². The van der Waals surface area contributed by atoms with Gasteiger partial charge < -0.3 is 13.8 Å². The maximum Gasteiger partial charge on any atom is 0.463 e. The summed E-state index contributed by atoms with van der Waals surface area (Å²) in [5, 5.41) is 0. The fraction of sp³-hybridized carbons (Fsp3) is 0.684. The average molecular weight is 615 g/mol. The van der Waals surface area contributed by atoms with Gasteiger partial charge in [-0.3, -0.25) is 4.52 Å². The van der Waals surface area contributed by atoms with Crippen LogP contribution in [-0.4, -0.2) is 19.3 Å². The largest absolute Gasteiger partial charge is 0.463 e. The van der Waals surface area contributed by atoms with Gasteiger partial charge in [-0.25, -0.2) is 0 Å². The fourth-order valence-electron chi connectivity index (χ4n) is 5.30. The summed E-state index contributed by atoms with van der Waals surface area (Å²) < 4.78 is 24.5. The Morgan fingerprint density at radius 2 is 0.860 bits per heavy atom. The van der Waals surface area contributed by atoms with E-state index in [2.05, 4.69) is 13.8 Å². The highest BCUT2D eigenvalue weighted by atomic mass is 31.2. The van der Waals surface area contributed by atoms with Crippen LogP contribution in [0.25, 0.3) is 0 Å². The van der Waals surface area contributed by atoms with Crippen molar-refractivity contribution >= 4 is 8.60 Å². The number of ether oxygens (including phenoxy) is 1. The predicted molar refractivity (Wildman–Crippen MR) is 185 cm³/mol. The summed E-state index contributed by atoms with van der Waals surface area (Å²) in [5.74, 6) is 1.53. The van der Waals surface area contributed by atoms with E-state index in [9.17, 15) is 0 Å². The molecule has 2 aromatic rings. The number of hydrogen-bond acceptors (Lipinski definition) is 4. The molecule has 2 rings (SSSR count). The van der Waals surface area contributed by atoms with Crippen molar-refractivity contribution in [2.24, 2.45) is 0 Å². The van der Waals surface area contributed by atoms with Gasteiger partial charge in [-0.1, -0.05) is 159 Å². The molecule has 0 aliphatic heterocycles. The fourth-order valence-corrected chi connectivity index (χ4v) is 6.31. The average Bonchev–Trinajstić information content (AvgIpc) is 3.03. The zero-order valence-corrected chi connectivity index (χ0v) is 28.6. The Hall–Kier alpha value is -1.61. The Labute approximate surface area is 266 Å². The van der Waals surface area contributed by atoms with Crippen molar-refractivity contribution in [3.8, 4) is 11.5 Å². The first-order valence-electron chi connectivity index (χ1n) is 17.8. The van der Waals surface area contributed by atoms with Crippen LogP contribution in [0.3, 0.4) is 0 Å². The molecule has 4 nitrogen and oxygen atoms in total. The van der Waals surface area contributed by atoms with Crippen LogP contribution in [0.15, 0.2) is 60.7 Å². The van der Waals surface area contributed by atoms with Crippen LogP contribution in [0, 0.1) is 0 Å². The smallest absolute Gasteiger partial charge is 0.418 e. The molecule has 0 spiro atoms. The lowest BCUT2D eigenvalue weighted by Gasteiger charge is -2.18. The van der Waals surface area contributed by atoms with Crippen molar-refractivity contribution in [2.45, 2.75) is 155 Å². The molecule has 0 aliphatic carbocycles. The lowest BCUT2D eigenvalue weighted by molar-refractivity contribution is 0.0358. The van der Waals surface area contributed by atoms with Gasteiger partial charge in [-0.15, -0.1) is 0 Å². The number of rotatable bonds is 30. The molecule has 1 atom stereocenters. The quantitative estimate of drug-likeness (QED) is 0.0648. The summed E-state index contributed by atoms with van der Waals surface area (Å²) in [6, 6.07) is 19.5. The minimum Gasteiger partial charge on any atom is -0.418 e. The van der Waals surface area contributed by atoms with Gasteiger partial charge >= 0.3 is 8.60 Å². The van der Waals surface area contributed by atoms with Gasteiger partial charge in [0.15, 0.2) is 0 Å². The second kappa shape index (κ2) is 27.9. The first-order chi connectivity index (χ1) is 21.3. The molecule has 2 aromatic carbocycles. The summed E-state index contributed by atoms with van der Waals surface area (Å²) >= 11 is 0. The third kappa shape index (κ3) is 21.7. The van der Waals surface area contributed by atoms with Crippen molar-refractivity contribution < 1.29 is 18.3 Å². The van der Waals surface area contributed by atoms with Crippen LogP contribution in [0.4, 0.5) is 0 Å². The maximum absolute atomic E-state index is 6.39. The molecule has 0 fully saturated rings. The topological polar surface area (TPSA) is 36.9 Å². The molecular weight excluding hydrogens is 551 g/mol. The number of hydrogen-bond donors (Lipinski definition) is 0. The SMILES string of the molecule is CCCCCCCCCCCCCOC(CCCCC)CCCCCCCOP(Oc1ccccc1)Oc1ccccc1. The van der Waals surface area contributed by atoms with Crippen LogP contribution >= 0.6 is 8.60 Å². The second-order valence-corrected chi connectivity index (χ2v) is 13.0. The highest BCUT2D eigenvalue weighted by Crippen LogP contribution is 2.41. The highest BCUT2D eigenvalue weighted by molar-refractivity contribution is 7.42. The van der Waals surface area contributed by atoms with Crippen LogP contribution < -0.4 is 9.05 Å². The summed E-state index contributed by atoms with van der Waals surface area (Å²) in [4.78, 5) is 0. The van der Waals surface area contributed by atoms with E-state index in [1.165, 1.54) is 128 Å². The first kappa shape index (κ1) is 37.6. The Balaban J connectivity index is 1.53. The van der Waals surface area contributed by atoms with E-state index >= 15 is 0 Å². The van der Waals surface area contributed by atoms with Gasteiger partial charge in [0, 0.05) is 6.61 Å². The Bertz CT molecular complexity index is 793. The van der Waals surface area contributed by atoms with Gasteiger partial charge in [-0.2, -0.15) is 0 Å². The summed E-state index contributed by atoms with van der Waals surface area (Å²) in [7, 11) is -1.49. The van der Waals surface area contributed by atoms with Crippen molar-refractivity contribution in [1.29, 1.82) is 0 Å². The number of unbranched alkanes of at least 4 members (excludes halogenated alkanes) is 16. The standard InChI is InChI=1S/C38H63O4P/c1-3-5-7-8-9-10-11-12-13-16-26-34-39-36(28-20-6-4-2)29-21-15-14-17-27-35-40-43(41-37-30-22-18-23-31-37)42-38-32-24-19-25-33-38/h18-19,22-25,30-33,36H,3-17,20-21,26-29,34-35H2,1-2H3. The molecule has 0 N–H and O–H groups in total. The van der Waals surface area contributed by atoms with E-state index in [1.807, 2.05) is 60.7 Å². The Morgan fingerprint density at radius 3 is 1.37 bits per heavy atom. The lowest BCUT2D eigenvalue weighted by atomic mass is 10.0. The van der Waals surface area contributed by atoms with Gasteiger partial charge in [0.25, 0.3) is 0 Å². The summed E-state index contributed by atoms with van der Waals surface area (Å²) in [6.45, 7) is 6.17. The number of benzene rings is 2. The molecule has 0 heterocycles. The van der Waals surface area contributed by atoms with Crippen molar-refractivity contribution in [3.63, 3.8) is 0 Å². The van der Waals surface area contributed by atoms with Gasteiger partial charge in [0.1, 0.15) is 11.5 Å². The maximum atomic E-state index is 6.39. The monoisotopic (exact) mass is 614 g/mol. The highest BCUT2D eigenvalue weighted by Gasteiger charge is 2.17. The Morgan fingerprint density at radius 1 is 0.465 bits per heavy atom. The van der Waals surface area contributed by atoms with E-state index in [4.69, 9.17) is 18.3 Å². The minimum atomic E-state index is -1.49. The number of para-hydroxylation sites is 2. The van der Waals surface area contributed by atoms with Crippen molar-refractivity contribution in [1.82, 2.24) is 0 Å². The normalized spacial score (nSPS) is 12.1. The molecular formula is C38H63O4P. The van der Waals surface area contributed by atoms with Crippen LogP contribution in [0.1, 0.15) is 149 Å². The molecule has 43 heavy (non-hydrogen) atoms. The zero-order chi connectivity index (χ0) is 30.5. The van der Waals surface area contributed by atoms with Crippen molar-refractivity contribution in [2.75, 3.05) is 13.2 Å². The van der Waals surface area contributed by atoms with E-state index in [0.29, 0.717) is 12.7 Å². The summed E-state index contributed by atoms with van der Waals surface area (Å²) in [6.07, 6.45) is 28.0. The van der Waals surface area contributed by atoms with Gasteiger partial charge in [-0.05, 0) is 49.9 Å². The van der Waals surface area contributed by atoms with Crippen LogP contribution in [-0.2, 0) is 9.26 Å². The molecule has 0 saturated carbocycles. The molecule has 0 aromatic heterocycles. The minimum absolute atomic E-state index is 0.451. The molecule has 5 heteroatoms. The van der Waals surface area contributed by atoms with E-state index in [1.54, 1.807) is 0 Å². The van der Waals surface area contributed by atoms with Gasteiger partial charge in [0.05, 0.1) is 12.7 Å². The molecule has 1 unspecified atom stereocenters. The third-order valence-corrected chi connectivity index (χ3v) is 9.06. The molecule has 244 valence electrons. The second-order valence-electron chi connectivity index (χ2n) is 11.9. The van der Waals surface area contributed by atoms with Crippen LogP contribution in [0.2, 0.25) is 0 Å². The predicted octanol–water partition coefficient (Wildman–Crippen LogP) is 13.0. The van der Waals surface area contributed by atoms with Crippen molar-refractivity contribution in [3.05, 3.63) is 60.7 Å². The molecule has 0 amide bonds. The molecule has 0 radical (unpaired) electrons. The van der Waals surface area contributed by atoms with Gasteiger partial charge in [0.2, 0.25) is 0 Å². The van der Waals surface area contributed by atoms with E-state index < -0.39 is 8.60 Å². The van der Waals surface area contributed by atoms with Crippen LogP contribution in [0.5, 0.6) is 11.5 Å². The first-order valence-corrected chi connectivity index (χ1v) is 18.9. The zero-order valence-electron chi connectivity index (χ0n) is 27.7.